The molecule has 0 aliphatic rings. The molecule has 1 unspecified atom stereocenters. The van der Waals surface area contributed by atoms with Gasteiger partial charge in [-0.25, -0.2) is 0 Å². The summed E-state index contributed by atoms with van der Waals surface area (Å²) in [7, 11) is 0. The number of rotatable bonds is 3. The van der Waals surface area contributed by atoms with Crippen molar-refractivity contribution in [3.8, 4) is 0 Å². The van der Waals surface area contributed by atoms with Crippen LogP contribution in [0.3, 0.4) is 0 Å². The maximum Gasteiger partial charge on any atom is 0.120 e. The van der Waals surface area contributed by atoms with Crippen LogP contribution in [-0.4, -0.2) is 21.3 Å². The van der Waals surface area contributed by atoms with Gasteiger partial charge in [0, 0.05) is 6.54 Å². The van der Waals surface area contributed by atoms with Crippen LogP contribution in [0.5, 0.6) is 0 Å². The highest BCUT2D eigenvalue weighted by Gasteiger charge is 2.26. The third-order valence-electron chi connectivity index (χ3n) is 2.78. The Balaban J connectivity index is 2.47. The number of nitrogens with zero attached hydrogens (tertiary/aromatic N) is 3. The molecule has 4 nitrogen and oxygen atoms in total. The Labute approximate surface area is 88.8 Å². The summed E-state index contributed by atoms with van der Waals surface area (Å²) in [6.07, 6.45) is 3.39. The Bertz CT molecular complexity index is 409. The van der Waals surface area contributed by atoms with Crippen molar-refractivity contribution >= 4 is 0 Å². The molecular weight excluding hydrogens is 188 g/mol. The van der Waals surface area contributed by atoms with Gasteiger partial charge in [-0.2, -0.15) is 0 Å². The molecule has 2 aromatic rings. The van der Waals surface area contributed by atoms with Crippen LogP contribution in [0.4, 0.5) is 0 Å². The predicted molar refractivity (Wildman–Crippen MR) is 58.3 cm³/mol. The highest BCUT2D eigenvalue weighted by atomic mass is 15.3. The lowest BCUT2D eigenvalue weighted by Crippen LogP contribution is -2.38. The van der Waals surface area contributed by atoms with E-state index in [4.69, 9.17) is 5.73 Å². The average Bonchev–Trinajstić information content (AvgIpc) is 2.83. The third-order valence-corrected chi connectivity index (χ3v) is 2.78. The van der Waals surface area contributed by atoms with Gasteiger partial charge in [-0.1, -0.05) is 30.3 Å². The summed E-state index contributed by atoms with van der Waals surface area (Å²) in [5.41, 5.74) is 6.74. The van der Waals surface area contributed by atoms with Crippen LogP contribution >= 0.6 is 0 Å². The Kier molecular flexibility index (Phi) is 2.51. The first-order valence-electron chi connectivity index (χ1n) is 4.88. The van der Waals surface area contributed by atoms with Crippen LogP contribution in [0.25, 0.3) is 0 Å². The van der Waals surface area contributed by atoms with Gasteiger partial charge in [-0.05, 0) is 12.5 Å². The van der Waals surface area contributed by atoms with E-state index >= 15 is 0 Å². The highest BCUT2D eigenvalue weighted by Crippen LogP contribution is 2.23. The summed E-state index contributed by atoms with van der Waals surface area (Å²) in [5, 5.41) is 7.64. The monoisotopic (exact) mass is 202 g/mol. The van der Waals surface area contributed by atoms with E-state index in [1.165, 1.54) is 0 Å². The lowest BCUT2D eigenvalue weighted by atomic mass is 9.92. The third kappa shape index (κ3) is 1.64. The van der Waals surface area contributed by atoms with Gasteiger partial charge < -0.3 is 10.3 Å². The zero-order chi connectivity index (χ0) is 10.7. The van der Waals surface area contributed by atoms with Crippen molar-refractivity contribution in [3.63, 3.8) is 0 Å². The van der Waals surface area contributed by atoms with E-state index in [0.29, 0.717) is 6.54 Å². The minimum atomic E-state index is -0.273. The Morgan fingerprint density at radius 1 is 1.20 bits per heavy atom. The van der Waals surface area contributed by atoms with Gasteiger partial charge in [0.25, 0.3) is 0 Å². The van der Waals surface area contributed by atoms with E-state index in [2.05, 4.69) is 29.3 Å². The van der Waals surface area contributed by atoms with Crippen molar-refractivity contribution in [1.29, 1.82) is 0 Å². The molecule has 4 heteroatoms. The van der Waals surface area contributed by atoms with Crippen LogP contribution in [0.1, 0.15) is 12.5 Å². The molecule has 1 atom stereocenters. The second-order valence-corrected chi connectivity index (χ2v) is 3.71. The molecule has 0 bridgehead atoms. The van der Waals surface area contributed by atoms with Gasteiger partial charge in [0.1, 0.15) is 12.7 Å². The van der Waals surface area contributed by atoms with E-state index in [1.807, 2.05) is 22.8 Å². The van der Waals surface area contributed by atoms with Crippen LogP contribution in [0.15, 0.2) is 43.0 Å². The van der Waals surface area contributed by atoms with Crippen LogP contribution < -0.4 is 5.73 Å². The summed E-state index contributed by atoms with van der Waals surface area (Å²) in [4.78, 5) is 0. The largest absolute Gasteiger partial charge is 0.328 e. The van der Waals surface area contributed by atoms with E-state index in [0.717, 1.165) is 5.56 Å². The first-order valence-corrected chi connectivity index (χ1v) is 4.88. The van der Waals surface area contributed by atoms with Gasteiger partial charge in [-0.3, -0.25) is 0 Å². The van der Waals surface area contributed by atoms with Crippen molar-refractivity contribution in [2.75, 3.05) is 6.54 Å². The molecule has 78 valence electrons. The topological polar surface area (TPSA) is 56.7 Å². The fraction of sp³-hybridized carbons (Fsp3) is 0.273. The van der Waals surface area contributed by atoms with Crippen LogP contribution in [0, 0.1) is 0 Å². The van der Waals surface area contributed by atoms with Crippen molar-refractivity contribution in [2.24, 2.45) is 5.73 Å². The van der Waals surface area contributed by atoms with Gasteiger partial charge in [0.15, 0.2) is 0 Å². The number of benzene rings is 1. The maximum atomic E-state index is 5.85. The molecule has 1 aromatic carbocycles. The van der Waals surface area contributed by atoms with Gasteiger partial charge in [-0.15, -0.1) is 10.2 Å². The molecule has 0 saturated carbocycles. The molecular formula is C11H14N4. The number of aromatic nitrogens is 3. The van der Waals surface area contributed by atoms with Crippen molar-refractivity contribution in [2.45, 2.75) is 12.5 Å². The molecule has 1 aromatic heterocycles. The van der Waals surface area contributed by atoms with E-state index in [1.54, 1.807) is 12.7 Å². The Hall–Kier alpha value is -1.68. The lowest BCUT2D eigenvalue weighted by molar-refractivity contribution is 0.402. The first kappa shape index (κ1) is 9.86. The Morgan fingerprint density at radius 3 is 2.33 bits per heavy atom. The molecule has 2 rings (SSSR count). The first-order chi connectivity index (χ1) is 7.27. The zero-order valence-corrected chi connectivity index (χ0v) is 8.67. The normalized spacial score (nSPS) is 14.8. The maximum absolute atomic E-state index is 5.85. The van der Waals surface area contributed by atoms with E-state index < -0.39 is 0 Å². The van der Waals surface area contributed by atoms with Crippen LogP contribution in [-0.2, 0) is 5.54 Å². The second kappa shape index (κ2) is 3.82. The molecule has 0 spiro atoms. The quantitative estimate of drug-likeness (QED) is 0.807. The molecule has 0 amide bonds. The molecule has 0 radical (unpaired) electrons. The second-order valence-electron chi connectivity index (χ2n) is 3.71. The summed E-state index contributed by atoms with van der Waals surface area (Å²) in [6, 6.07) is 10.1. The molecule has 0 aliphatic heterocycles. The summed E-state index contributed by atoms with van der Waals surface area (Å²) in [5.74, 6) is 0. The number of hydrogen-bond acceptors (Lipinski definition) is 3. The fourth-order valence-electron chi connectivity index (χ4n) is 1.63. The lowest BCUT2D eigenvalue weighted by Gasteiger charge is -2.29. The average molecular weight is 202 g/mol. The predicted octanol–water partition coefficient (Wildman–Crippen LogP) is 1.00. The van der Waals surface area contributed by atoms with E-state index in [-0.39, 0.29) is 5.54 Å². The molecule has 0 saturated heterocycles. The van der Waals surface area contributed by atoms with Crippen molar-refractivity contribution in [3.05, 3.63) is 48.5 Å². The standard InChI is InChI=1S/C11H14N4/c1-11(7-12,15-8-13-14-9-15)10-5-3-2-4-6-10/h2-6,8-9H,7,12H2,1H3. The van der Waals surface area contributed by atoms with E-state index in [9.17, 15) is 0 Å². The molecule has 0 aliphatic carbocycles. The van der Waals surface area contributed by atoms with Crippen molar-refractivity contribution in [1.82, 2.24) is 14.8 Å². The summed E-state index contributed by atoms with van der Waals surface area (Å²) in [6.45, 7) is 2.58. The van der Waals surface area contributed by atoms with Crippen molar-refractivity contribution < 1.29 is 0 Å². The van der Waals surface area contributed by atoms with Gasteiger partial charge >= 0.3 is 0 Å². The SMILES string of the molecule is CC(CN)(c1ccccc1)n1cnnc1. The minimum Gasteiger partial charge on any atom is -0.328 e. The highest BCUT2D eigenvalue weighted by molar-refractivity contribution is 5.25. The molecule has 0 fully saturated rings. The number of hydrogen-bond donors (Lipinski definition) is 1. The summed E-state index contributed by atoms with van der Waals surface area (Å²) < 4.78 is 1.93. The Morgan fingerprint density at radius 2 is 1.80 bits per heavy atom. The van der Waals surface area contributed by atoms with Crippen LogP contribution in [0.2, 0.25) is 0 Å². The zero-order valence-electron chi connectivity index (χ0n) is 8.67. The summed E-state index contributed by atoms with van der Waals surface area (Å²) >= 11 is 0. The van der Waals surface area contributed by atoms with Gasteiger partial charge in [0.2, 0.25) is 0 Å². The van der Waals surface area contributed by atoms with Gasteiger partial charge in [0.05, 0.1) is 5.54 Å². The molecule has 2 N–H and O–H groups in total. The fourth-order valence-corrected chi connectivity index (χ4v) is 1.63. The number of nitrogens with two attached hydrogens (primary N) is 1. The molecule has 15 heavy (non-hydrogen) atoms. The minimum absolute atomic E-state index is 0.273. The smallest absolute Gasteiger partial charge is 0.120 e. The molecule has 1 heterocycles.